The molecule has 0 radical (unpaired) electrons. The lowest BCUT2D eigenvalue weighted by molar-refractivity contribution is 0.141. The second-order valence-electron chi connectivity index (χ2n) is 2.98. The van der Waals surface area contributed by atoms with E-state index < -0.39 is 6.43 Å². The topological polar surface area (TPSA) is 25.2 Å². The predicted molar refractivity (Wildman–Crippen MR) is 45.9 cm³/mol. The minimum absolute atomic E-state index is 0.0140. The van der Waals surface area contributed by atoms with Crippen LogP contribution in [0.5, 0.6) is 0 Å². The van der Waals surface area contributed by atoms with E-state index in [-0.39, 0.29) is 12.6 Å². The summed E-state index contributed by atoms with van der Waals surface area (Å²) in [6.45, 7) is 1.59. The summed E-state index contributed by atoms with van der Waals surface area (Å²) in [7, 11) is 0. The Balaban J connectivity index is 2.22. The van der Waals surface area contributed by atoms with Crippen LogP contribution in [0.1, 0.15) is 12.7 Å². The largest absolute Gasteiger partial charge is 0.469 e. The molecule has 1 aromatic heterocycles. The molecule has 13 heavy (non-hydrogen) atoms. The SMILES string of the molecule is CC(Cc1ccco1)NCC(F)F. The van der Waals surface area contributed by atoms with Gasteiger partial charge < -0.3 is 9.73 Å². The minimum Gasteiger partial charge on any atom is -0.469 e. The molecule has 1 heterocycles. The minimum atomic E-state index is -2.29. The molecule has 4 heteroatoms. The van der Waals surface area contributed by atoms with Crippen molar-refractivity contribution >= 4 is 0 Å². The van der Waals surface area contributed by atoms with Gasteiger partial charge >= 0.3 is 0 Å². The first kappa shape index (κ1) is 10.2. The summed E-state index contributed by atoms with van der Waals surface area (Å²) in [6, 6.07) is 3.63. The van der Waals surface area contributed by atoms with Gasteiger partial charge in [-0.3, -0.25) is 0 Å². The van der Waals surface area contributed by atoms with E-state index >= 15 is 0 Å². The van der Waals surface area contributed by atoms with Crippen LogP contribution >= 0.6 is 0 Å². The number of hydrogen-bond acceptors (Lipinski definition) is 2. The van der Waals surface area contributed by atoms with E-state index in [1.165, 1.54) is 0 Å². The smallest absolute Gasteiger partial charge is 0.250 e. The highest BCUT2D eigenvalue weighted by molar-refractivity contribution is 4.99. The number of halogens is 2. The van der Waals surface area contributed by atoms with Crippen molar-refractivity contribution < 1.29 is 13.2 Å². The molecule has 0 spiro atoms. The van der Waals surface area contributed by atoms with Gasteiger partial charge in [-0.2, -0.15) is 0 Å². The molecule has 1 rings (SSSR count). The fraction of sp³-hybridized carbons (Fsp3) is 0.556. The average Bonchev–Trinajstić information content (AvgIpc) is 2.53. The van der Waals surface area contributed by atoms with E-state index in [1.807, 2.05) is 13.0 Å². The second-order valence-corrected chi connectivity index (χ2v) is 2.98. The first-order valence-corrected chi connectivity index (χ1v) is 4.22. The molecular weight excluding hydrogens is 176 g/mol. The fourth-order valence-electron chi connectivity index (χ4n) is 1.09. The van der Waals surface area contributed by atoms with Gasteiger partial charge in [-0.1, -0.05) is 0 Å². The van der Waals surface area contributed by atoms with E-state index in [0.717, 1.165) is 5.76 Å². The molecule has 0 aliphatic carbocycles. The number of rotatable bonds is 5. The molecule has 0 saturated heterocycles. The van der Waals surface area contributed by atoms with Gasteiger partial charge in [0, 0.05) is 12.5 Å². The Morgan fingerprint density at radius 2 is 2.31 bits per heavy atom. The molecule has 2 nitrogen and oxygen atoms in total. The van der Waals surface area contributed by atoms with E-state index in [0.29, 0.717) is 6.42 Å². The summed E-state index contributed by atoms with van der Waals surface area (Å²) in [5, 5.41) is 2.71. The lowest BCUT2D eigenvalue weighted by Crippen LogP contribution is -2.32. The zero-order valence-electron chi connectivity index (χ0n) is 7.47. The summed E-state index contributed by atoms with van der Waals surface area (Å²) < 4.78 is 28.7. The van der Waals surface area contributed by atoms with Gasteiger partial charge in [0.1, 0.15) is 5.76 Å². The average molecular weight is 189 g/mol. The normalized spacial score (nSPS) is 13.5. The van der Waals surface area contributed by atoms with Gasteiger partial charge in [0.25, 0.3) is 6.43 Å². The van der Waals surface area contributed by atoms with Crippen LogP contribution < -0.4 is 5.32 Å². The maximum absolute atomic E-state index is 11.8. The van der Waals surface area contributed by atoms with Gasteiger partial charge in [0.15, 0.2) is 0 Å². The van der Waals surface area contributed by atoms with Gasteiger partial charge in [0.05, 0.1) is 12.8 Å². The van der Waals surface area contributed by atoms with Crippen molar-refractivity contribution in [2.24, 2.45) is 0 Å². The third kappa shape index (κ3) is 4.03. The fourth-order valence-corrected chi connectivity index (χ4v) is 1.09. The van der Waals surface area contributed by atoms with Crippen molar-refractivity contribution in [3.8, 4) is 0 Å². The zero-order valence-corrected chi connectivity index (χ0v) is 7.47. The van der Waals surface area contributed by atoms with Crippen molar-refractivity contribution in [1.29, 1.82) is 0 Å². The number of alkyl halides is 2. The van der Waals surface area contributed by atoms with Gasteiger partial charge in [-0.25, -0.2) is 8.78 Å². The molecule has 0 fully saturated rings. The van der Waals surface area contributed by atoms with Crippen LogP contribution in [-0.4, -0.2) is 19.0 Å². The molecule has 0 bridgehead atoms. The van der Waals surface area contributed by atoms with Crippen LogP contribution in [0, 0.1) is 0 Å². The summed E-state index contributed by atoms with van der Waals surface area (Å²) in [5.41, 5.74) is 0. The first-order valence-electron chi connectivity index (χ1n) is 4.22. The van der Waals surface area contributed by atoms with Gasteiger partial charge in [-0.05, 0) is 19.1 Å². The molecule has 1 N–H and O–H groups in total. The number of hydrogen-bond donors (Lipinski definition) is 1. The van der Waals surface area contributed by atoms with Crippen LogP contribution in [0.2, 0.25) is 0 Å². The lowest BCUT2D eigenvalue weighted by atomic mass is 10.2. The van der Waals surface area contributed by atoms with Crippen LogP contribution in [0.4, 0.5) is 8.78 Å². The standard InChI is InChI=1S/C9H13F2NO/c1-7(12-6-9(10)11)5-8-3-2-4-13-8/h2-4,7,9,12H,5-6H2,1H3. The van der Waals surface area contributed by atoms with Crippen LogP contribution in [-0.2, 0) is 6.42 Å². The van der Waals surface area contributed by atoms with Crippen LogP contribution in [0.3, 0.4) is 0 Å². The molecule has 1 aromatic rings. The second kappa shape index (κ2) is 4.97. The van der Waals surface area contributed by atoms with Crippen molar-refractivity contribution in [2.75, 3.05) is 6.54 Å². The Labute approximate surface area is 75.9 Å². The van der Waals surface area contributed by atoms with E-state index in [9.17, 15) is 8.78 Å². The summed E-state index contributed by atoms with van der Waals surface area (Å²) >= 11 is 0. The third-order valence-electron chi connectivity index (χ3n) is 1.71. The zero-order chi connectivity index (χ0) is 9.68. The van der Waals surface area contributed by atoms with Crippen LogP contribution in [0.25, 0.3) is 0 Å². The third-order valence-corrected chi connectivity index (χ3v) is 1.71. The highest BCUT2D eigenvalue weighted by Gasteiger charge is 2.08. The molecule has 74 valence electrons. The molecule has 0 aliphatic rings. The Hall–Kier alpha value is -0.900. The summed E-state index contributed by atoms with van der Waals surface area (Å²) in [5.74, 6) is 0.814. The highest BCUT2D eigenvalue weighted by Crippen LogP contribution is 2.03. The maximum atomic E-state index is 11.8. The molecule has 0 aromatic carbocycles. The Bertz CT molecular complexity index is 224. The first-order chi connectivity index (χ1) is 6.18. The van der Waals surface area contributed by atoms with Crippen molar-refractivity contribution in [3.63, 3.8) is 0 Å². The van der Waals surface area contributed by atoms with Crippen molar-refractivity contribution in [3.05, 3.63) is 24.2 Å². The summed E-state index contributed by atoms with van der Waals surface area (Å²) in [4.78, 5) is 0. The van der Waals surface area contributed by atoms with E-state index in [2.05, 4.69) is 5.32 Å². The van der Waals surface area contributed by atoms with Crippen LogP contribution in [0.15, 0.2) is 22.8 Å². The molecule has 1 atom stereocenters. The molecule has 0 saturated carbocycles. The molecule has 1 unspecified atom stereocenters. The quantitative estimate of drug-likeness (QED) is 0.767. The Morgan fingerprint density at radius 3 is 2.85 bits per heavy atom. The number of furan rings is 1. The molecular formula is C9H13F2NO. The van der Waals surface area contributed by atoms with Gasteiger partial charge in [-0.15, -0.1) is 0 Å². The van der Waals surface area contributed by atoms with E-state index in [4.69, 9.17) is 4.42 Å². The Morgan fingerprint density at radius 1 is 1.54 bits per heavy atom. The van der Waals surface area contributed by atoms with Crippen molar-refractivity contribution in [1.82, 2.24) is 5.32 Å². The monoisotopic (exact) mass is 189 g/mol. The number of nitrogens with one attached hydrogen (secondary N) is 1. The Kier molecular flexibility index (Phi) is 3.89. The highest BCUT2D eigenvalue weighted by atomic mass is 19.3. The van der Waals surface area contributed by atoms with E-state index in [1.54, 1.807) is 12.3 Å². The lowest BCUT2D eigenvalue weighted by Gasteiger charge is -2.11. The summed E-state index contributed by atoms with van der Waals surface area (Å²) in [6.07, 6.45) is -0.0754. The predicted octanol–water partition coefficient (Wildman–Crippen LogP) is 2.07. The molecule has 0 aliphatic heterocycles. The van der Waals surface area contributed by atoms with Gasteiger partial charge in [0.2, 0.25) is 0 Å². The molecule has 0 amide bonds. The maximum Gasteiger partial charge on any atom is 0.250 e. The van der Waals surface area contributed by atoms with Crippen molar-refractivity contribution in [2.45, 2.75) is 25.8 Å².